The SMILES string of the molecule is CC[C@@H](C(N)=O)n1cc(OC)c(-c2cc(Cl)ccc2-n2cc(C(F)(F)F)nn2)cc1=O.NC(=O)c1ccccc1F. The number of benzene rings is 2. The molecule has 2 aromatic carbocycles. The van der Waals surface area contributed by atoms with E-state index in [0.29, 0.717) is 0 Å². The maximum atomic E-state index is 13.0. The van der Waals surface area contributed by atoms with Crippen LogP contribution in [0.4, 0.5) is 17.6 Å². The van der Waals surface area contributed by atoms with E-state index in [0.717, 1.165) is 15.4 Å². The molecule has 41 heavy (non-hydrogen) atoms. The normalized spacial score (nSPS) is 11.8. The van der Waals surface area contributed by atoms with Crippen molar-refractivity contribution in [3.8, 4) is 22.6 Å². The van der Waals surface area contributed by atoms with Crippen molar-refractivity contribution >= 4 is 23.4 Å². The Balaban J connectivity index is 0.000000389. The third kappa shape index (κ3) is 7.08. The molecule has 2 heterocycles. The highest BCUT2D eigenvalue weighted by atomic mass is 35.5. The Morgan fingerprint density at radius 2 is 1.76 bits per heavy atom. The van der Waals surface area contributed by atoms with E-state index in [9.17, 15) is 31.9 Å². The van der Waals surface area contributed by atoms with Crippen molar-refractivity contribution in [3.05, 3.63) is 93.4 Å². The van der Waals surface area contributed by atoms with Gasteiger partial charge in [0.2, 0.25) is 5.91 Å². The predicted molar refractivity (Wildman–Crippen MR) is 141 cm³/mol. The molecule has 4 N–H and O–H groups in total. The van der Waals surface area contributed by atoms with Crippen LogP contribution in [0.5, 0.6) is 5.75 Å². The Bertz CT molecular complexity index is 1640. The van der Waals surface area contributed by atoms with E-state index in [1.54, 1.807) is 13.0 Å². The smallest absolute Gasteiger partial charge is 0.436 e. The molecule has 0 unspecified atom stereocenters. The lowest BCUT2D eigenvalue weighted by Crippen LogP contribution is -2.33. The highest BCUT2D eigenvalue weighted by molar-refractivity contribution is 6.31. The number of carbonyl (C=O) groups excluding carboxylic acids is 2. The lowest BCUT2D eigenvalue weighted by atomic mass is 10.0. The lowest BCUT2D eigenvalue weighted by molar-refractivity contribution is -0.141. The average Bonchev–Trinajstić information content (AvgIpc) is 3.41. The first kappa shape index (κ1) is 30.8. The molecule has 1 atom stereocenters. The van der Waals surface area contributed by atoms with Crippen LogP contribution in [0, 0.1) is 5.82 Å². The standard InChI is InChI=1S/C19H17ClF3N5O3.C7H6FNO/c1-3-13(18(24)30)27-8-15(31-2)12(7-17(27)29)11-6-10(20)4-5-14(11)28-9-16(25-26-28)19(21,22)23;8-6-4-2-1-3-5(6)7(9)10/h4-9,13H,3H2,1-2H3,(H2,24,30);1-4H,(H2,9,10)/t13-;/m0./s1. The molecule has 0 aliphatic heterocycles. The molecule has 0 radical (unpaired) electrons. The molecule has 10 nitrogen and oxygen atoms in total. The Morgan fingerprint density at radius 3 is 2.27 bits per heavy atom. The molecule has 0 saturated heterocycles. The van der Waals surface area contributed by atoms with Crippen molar-refractivity contribution in [3.63, 3.8) is 0 Å². The summed E-state index contributed by atoms with van der Waals surface area (Å²) in [5, 5.41) is 6.97. The molecule has 4 rings (SSSR count). The quantitative estimate of drug-likeness (QED) is 0.307. The Kier molecular flexibility index (Phi) is 9.50. The van der Waals surface area contributed by atoms with Crippen molar-refractivity contribution < 1.29 is 31.9 Å². The molecule has 4 aromatic rings. The predicted octanol–water partition coefficient (Wildman–Crippen LogP) is 4.14. The molecule has 216 valence electrons. The van der Waals surface area contributed by atoms with Crippen LogP contribution in [0.15, 0.2) is 65.7 Å². The number of amides is 2. The van der Waals surface area contributed by atoms with Gasteiger partial charge in [0.1, 0.15) is 17.6 Å². The van der Waals surface area contributed by atoms with Crippen LogP contribution in [0.3, 0.4) is 0 Å². The fourth-order valence-electron chi connectivity index (χ4n) is 3.78. The number of ether oxygens (including phenoxy) is 1. The van der Waals surface area contributed by atoms with Crippen molar-refractivity contribution in [2.75, 3.05) is 7.11 Å². The molecule has 0 aliphatic rings. The number of methoxy groups -OCH3 is 1. The Labute approximate surface area is 235 Å². The van der Waals surface area contributed by atoms with Crippen molar-refractivity contribution in [1.82, 2.24) is 19.6 Å². The van der Waals surface area contributed by atoms with Gasteiger partial charge in [0.25, 0.3) is 11.5 Å². The number of primary amides is 2. The van der Waals surface area contributed by atoms with Gasteiger partial charge < -0.3 is 16.2 Å². The summed E-state index contributed by atoms with van der Waals surface area (Å²) in [4.78, 5) is 34.8. The number of hydrogen-bond acceptors (Lipinski definition) is 6. The zero-order valence-electron chi connectivity index (χ0n) is 21.5. The minimum Gasteiger partial charge on any atom is -0.495 e. The minimum atomic E-state index is -4.67. The van der Waals surface area contributed by atoms with E-state index < -0.39 is 41.1 Å². The molecule has 2 amide bonds. The molecular formula is C26H23ClF4N6O4. The molecule has 0 bridgehead atoms. The second kappa shape index (κ2) is 12.6. The van der Waals surface area contributed by atoms with Gasteiger partial charge in [0.15, 0.2) is 5.69 Å². The van der Waals surface area contributed by atoms with Gasteiger partial charge in [0, 0.05) is 22.2 Å². The number of hydrogen-bond donors (Lipinski definition) is 2. The van der Waals surface area contributed by atoms with Gasteiger partial charge in [-0.05, 0) is 36.8 Å². The van der Waals surface area contributed by atoms with Crippen LogP contribution in [0.25, 0.3) is 16.8 Å². The largest absolute Gasteiger partial charge is 0.495 e. The van der Waals surface area contributed by atoms with Gasteiger partial charge in [-0.1, -0.05) is 35.9 Å². The first-order valence-corrected chi connectivity index (χ1v) is 12.1. The molecule has 2 aromatic heterocycles. The fourth-order valence-corrected chi connectivity index (χ4v) is 3.95. The third-order valence-electron chi connectivity index (χ3n) is 5.73. The average molecular weight is 595 g/mol. The van der Waals surface area contributed by atoms with Crippen molar-refractivity contribution in [2.24, 2.45) is 11.5 Å². The van der Waals surface area contributed by atoms with E-state index in [-0.39, 0.29) is 39.6 Å². The summed E-state index contributed by atoms with van der Waals surface area (Å²) in [6, 6.07) is 10.3. The maximum Gasteiger partial charge on any atom is 0.436 e. The van der Waals surface area contributed by atoms with E-state index in [4.69, 9.17) is 27.8 Å². The summed E-state index contributed by atoms with van der Waals surface area (Å²) in [7, 11) is 1.35. The zero-order valence-corrected chi connectivity index (χ0v) is 22.3. The monoisotopic (exact) mass is 594 g/mol. The molecule has 0 aliphatic carbocycles. The number of alkyl halides is 3. The Morgan fingerprint density at radius 1 is 1.07 bits per heavy atom. The van der Waals surface area contributed by atoms with Gasteiger partial charge >= 0.3 is 6.18 Å². The van der Waals surface area contributed by atoms with Crippen LogP contribution in [0.2, 0.25) is 5.02 Å². The fraction of sp³-hybridized carbons (Fsp3) is 0.192. The highest BCUT2D eigenvalue weighted by Crippen LogP contribution is 2.36. The molecule has 0 fully saturated rings. The van der Waals surface area contributed by atoms with Crippen LogP contribution in [0.1, 0.15) is 35.4 Å². The van der Waals surface area contributed by atoms with Gasteiger partial charge in [-0.2, -0.15) is 13.2 Å². The summed E-state index contributed by atoms with van der Waals surface area (Å²) in [6.45, 7) is 1.69. The first-order chi connectivity index (χ1) is 19.3. The van der Waals surface area contributed by atoms with Crippen molar-refractivity contribution in [1.29, 1.82) is 0 Å². The first-order valence-electron chi connectivity index (χ1n) is 11.7. The van der Waals surface area contributed by atoms with Gasteiger partial charge in [-0.3, -0.25) is 19.0 Å². The zero-order chi connectivity index (χ0) is 30.5. The molecule has 0 spiro atoms. The van der Waals surface area contributed by atoms with Crippen LogP contribution in [-0.2, 0) is 11.0 Å². The van der Waals surface area contributed by atoms with Crippen LogP contribution in [-0.4, -0.2) is 38.5 Å². The van der Waals surface area contributed by atoms with Crippen LogP contribution >= 0.6 is 11.6 Å². The summed E-state index contributed by atoms with van der Waals surface area (Å²) in [5.41, 5.74) is 9.12. The lowest BCUT2D eigenvalue weighted by Gasteiger charge is -2.19. The van der Waals surface area contributed by atoms with Gasteiger partial charge in [-0.15, -0.1) is 5.10 Å². The second-order valence-corrected chi connectivity index (χ2v) is 8.82. The number of nitrogens with zero attached hydrogens (tertiary/aromatic N) is 4. The number of pyridine rings is 1. The van der Waals surface area contributed by atoms with Crippen molar-refractivity contribution in [2.45, 2.75) is 25.6 Å². The number of carbonyl (C=O) groups is 2. The van der Waals surface area contributed by atoms with E-state index >= 15 is 0 Å². The highest BCUT2D eigenvalue weighted by Gasteiger charge is 2.35. The number of aromatic nitrogens is 4. The van der Waals surface area contributed by atoms with Crippen LogP contribution < -0.4 is 21.8 Å². The maximum absolute atomic E-state index is 13.0. The van der Waals surface area contributed by atoms with E-state index in [1.165, 1.54) is 55.8 Å². The summed E-state index contributed by atoms with van der Waals surface area (Å²) in [5.74, 6) is -1.82. The summed E-state index contributed by atoms with van der Waals surface area (Å²) >= 11 is 6.10. The third-order valence-corrected chi connectivity index (χ3v) is 5.97. The summed E-state index contributed by atoms with van der Waals surface area (Å²) in [6.07, 6.45) is -2.35. The topological polar surface area (TPSA) is 148 Å². The minimum absolute atomic E-state index is 0.0671. The molecule has 15 heteroatoms. The number of halogens is 5. The van der Waals surface area contributed by atoms with Gasteiger partial charge in [0.05, 0.1) is 30.8 Å². The Hall–Kier alpha value is -4.72. The van der Waals surface area contributed by atoms with E-state index in [2.05, 4.69) is 10.3 Å². The summed E-state index contributed by atoms with van der Waals surface area (Å²) < 4.78 is 58.9. The second-order valence-electron chi connectivity index (χ2n) is 8.38. The number of rotatable bonds is 7. The molecule has 0 saturated carbocycles. The van der Waals surface area contributed by atoms with Gasteiger partial charge in [-0.25, -0.2) is 9.07 Å². The number of nitrogens with two attached hydrogens (primary N) is 2. The molecular weight excluding hydrogens is 572 g/mol. The van der Waals surface area contributed by atoms with E-state index in [1.807, 2.05) is 0 Å².